The number of aliphatic hydroxyl groups excluding tert-OH is 20. The standard InChI is InChI=1S/C56H94N4O39/c1-14-30(70)40(80)43(83)53(88-14)86-13-26-46(31(71)19(11-85-26)57-15(2)66)95-52-29(60-18(5)69)39(79)45(24(10-65)93-52)96-54-44(84)47(97-56-49(42(82)35(75)23(9-64)92-56)99-51-28(59-17(4)68)38(78)33(73)21(7-62)90-51)36(76)25(94-54)12-87-55-48(41(81)34(74)22(8-63)91-55)98-50-27(58-16(3)67)37(77)32(72)20(6-61)89-50/h14,19-56,61-65,70-84H,6-13H2,1-5H3,(H,57,66)(H,58,67)(H,59,68)(H,60,69)/t14-,19-,20+,21+,22+,23+,24+,25+,26+,27+,28+,29+,30+,31+,32+,33+,34+,35+,36+,37+,38+,39+,40+,41-,42-,43-,44-,45+,46+,47-,48-,49-,50-,51-,52-,53-,54-,55-,56+/m0/s1. The maximum atomic E-state index is 13.1. The van der Waals surface area contributed by atoms with Gasteiger partial charge in [0.25, 0.3) is 0 Å². The Hall–Kier alpha value is -3.52. The second kappa shape index (κ2) is 35.5. The van der Waals surface area contributed by atoms with Crippen LogP contribution in [0.1, 0.15) is 34.6 Å². The van der Waals surface area contributed by atoms with Crippen LogP contribution in [0.3, 0.4) is 0 Å². The monoisotopic (exact) mass is 1450 g/mol. The summed E-state index contributed by atoms with van der Waals surface area (Å²) < 4.78 is 89.3. The third-order valence-corrected chi connectivity index (χ3v) is 18.1. The summed E-state index contributed by atoms with van der Waals surface area (Å²) in [4.78, 5) is 50.2. The third-order valence-electron chi connectivity index (χ3n) is 18.1. The fraction of sp³-hybridized carbons (Fsp3) is 0.929. The fourth-order valence-electron chi connectivity index (χ4n) is 12.7. The Morgan fingerprint density at radius 2 is 0.677 bits per heavy atom. The molecule has 0 aromatic heterocycles. The number of nitrogens with one attached hydrogen (secondary N) is 4. The molecule has 43 nitrogen and oxygen atoms in total. The Kier molecular flexibility index (Phi) is 29.1. The lowest BCUT2D eigenvalue weighted by Crippen LogP contribution is -2.70. The van der Waals surface area contributed by atoms with Crippen LogP contribution >= 0.6 is 0 Å². The molecule has 8 rings (SSSR count). The summed E-state index contributed by atoms with van der Waals surface area (Å²) in [5.74, 6) is -3.20. The summed E-state index contributed by atoms with van der Waals surface area (Å²) in [7, 11) is 0. The van der Waals surface area contributed by atoms with Crippen LogP contribution in [0.25, 0.3) is 0 Å². The topological polar surface area (TPSA) is 659 Å². The number of rotatable bonds is 25. The van der Waals surface area contributed by atoms with Crippen molar-refractivity contribution in [1.82, 2.24) is 21.3 Å². The molecule has 0 aromatic carbocycles. The van der Waals surface area contributed by atoms with Gasteiger partial charge in [0.15, 0.2) is 44.0 Å². The molecule has 0 spiro atoms. The summed E-state index contributed by atoms with van der Waals surface area (Å²) in [6.45, 7) is -1.86. The average Bonchev–Trinajstić information content (AvgIpc) is 0.776. The molecule has 0 radical (unpaired) electrons. The van der Waals surface area contributed by atoms with E-state index in [1.807, 2.05) is 0 Å². The van der Waals surface area contributed by atoms with Gasteiger partial charge in [0.05, 0.1) is 65.0 Å². The highest BCUT2D eigenvalue weighted by Crippen LogP contribution is 2.38. The lowest BCUT2D eigenvalue weighted by Gasteiger charge is -2.51. The molecule has 0 bridgehead atoms. The van der Waals surface area contributed by atoms with E-state index in [-0.39, 0.29) is 0 Å². The van der Waals surface area contributed by atoms with Crippen LogP contribution in [-0.2, 0) is 90.2 Å². The van der Waals surface area contributed by atoms with E-state index in [0.717, 1.165) is 27.7 Å². The molecule has 0 aromatic rings. The summed E-state index contributed by atoms with van der Waals surface area (Å²) in [5.41, 5.74) is 0. The predicted molar refractivity (Wildman–Crippen MR) is 308 cm³/mol. The van der Waals surface area contributed by atoms with Crippen molar-refractivity contribution in [2.24, 2.45) is 0 Å². The molecular formula is C56H94N4O39. The van der Waals surface area contributed by atoms with Crippen LogP contribution in [-0.4, -0.2) is 418 Å². The van der Waals surface area contributed by atoms with Gasteiger partial charge in [-0.15, -0.1) is 0 Å². The second-order valence-electron chi connectivity index (χ2n) is 25.3. The highest BCUT2D eigenvalue weighted by molar-refractivity contribution is 5.74. The number of hydrogen-bond donors (Lipinski definition) is 24. The van der Waals surface area contributed by atoms with E-state index in [1.54, 1.807) is 0 Å². The van der Waals surface area contributed by atoms with Gasteiger partial charge >= 0.3 is 0 Å². The maximum absolute atomic E-state index is 13.1. The summed E-state index contributed by atoms with van der Waals surface area (Å²) in [6.07, 6.45) is -67.9. The quantitative estimate of drug-likeness (QED) is 0.0404. The van der Waals surface area contributed by atoms with E-state index in [0.29, 0.717) is 0 Å². The molecular weight excluding hydrogens is 1350 g/mol. The minimum atomic E-state index is -2.47. The SMILES string of the molecule is CC(=O)N[C@H]1[C@H](O[C@H]2[C@H](O)[C@@H](NC(C)=O)CO[C@@H]2CO[C@H]2O[C@@H](C)[C@@H](O)[C@@H](O)[C@@H]2O)O[C@H](CO)[C@@H](O[C@@H]2O[C@H](CO[C@H]3O[C@H](CO)[C@@H](O)[C@H](O)[C@@H]3O[C@@H]3O[C@H](CO)[C@@H](O)[C@H](O)[C@H]3NC(C)=O)[C@@H](O)[C@H](O[C@H]3O[C@H](CO)[C@@H](O)[C@H](O)[C@@H]3O[C@@H]3O[C@H](CO)[C@@H](O)[C@H](O)[C@H]3NC(C)=O)[C@@H]2O)[C@@H]1O. The largest absolute Gasteiger partial charge is 0.394 e. The summed E-state index contributed by atoms with van der Waals surface area (Å²) in [5, 5.41) is 231. The lowest BCUT2D eigenvalue weighted by atomic mass is 9.94. The van der Waals surface area contributed by atoms with Crippen LogP contribution in [0.5, 0.6) is 0 Å². The zero-order chi connectivity index (χ0) is 72.9. The Morgan fingerprint density at radius 3 is 1.15 bits per heavy atom. The van der Waals surface area contributed by atoms with Gasteiger partial charge in [0, 0.05) is 27.7 Å². The Balaban J connectivity index is 1.13. The second-order valence-corrected chi connectivity index (χ2v) is 25.3. The molecule has 39 atom stereocenters. The van der Waals surface area contributed by atoms with Crippen LogP contribution < -0.4 is 21.3 Å². The van der Waals surface area contributed by atoms with Crippen molar-refractivity contribution in [3.63, 3.8) is 0 Å². The van der Waals surface area contributed by atoms with Crippen LogP contribution in [0.2, 0.25) is 0 Å². The first kappa shape index (κ1) is 81.2. The van der Waals surface area contributed by atoms with Crippen molar-refractivity contribution in [2.45, 2.75) is 274 Å². The van der Waals surface area contributed by atoms with E-state index in [1.165, 1.54) is 6.92 Å². The molecule has 0 unspecified atom stereocenters. The first-order valence-corrected chi connectivity index (χ1v) is 31.8. The van der Waals surface area contributed by atoms with E-state index < -0.39 is 316 Å². The molecule has 43 heteroatoms. The van der Waals surface area contributed by atoms with Gasteiger partial charge in [0.1, 0.15) is 183 Å². The Bertz CT molecular complexity index is 2580. The Morgan fingerprint density at radius 1 is 0.313 bits per heavy atom. The maximum Gasteiger partial charge on any atom is 0.217 e. The normalized spacial score (nSPS) is 48.3. The lowest BCUT2D eigenvalue weighted by molar-refractivity contribution is -0.395. The molecule has 8 saturated heterocycles. The predicted octanol–water partition coefficient (Wildman–Crippen LogP) is -16.2. The van der Waals surface area contributed by atoms with Gasteiger partial charge in [-0.1, -0.05) is 0 Å². The van der Waals surface area contributed by atoms with Crippen molar-refractivity contribution in [1.29, 1.82) is 0 Å². The van der Waals surface area contributed by atoms with E-state index in [4.69, 9.17) is 71.1 Å². The number of carbonyl (C=O) groups is 4. The molecule has 8 aliphatic heterocycles. The smallest absolute Gasteiger partial charge is 0.217 e. The fourth-order valence-corrected chi connectivity index (χ4v) is 12.7. The molecule has 0 aliphatic carbocycles. The van der Waals surface area contributed by atoms with Crippen LogP contribution in [0.4, 0.5) is 0 Å². The zero-order valence-corrected chi connectivity index (χ0v) is 53.9. The minimum Gasteiger partial charge on any atom is -0.394 e. The van der Waals surface area contributed by atoms with E-state index in [2.05, 4.69) is 21.3 Å². The van der Waals surface area contributed by atoms with Gasteiger partial charge < -0.3 is 194 Å². The Labute approximate surface area is 562 Å². The number of amides is 4. The number of hydrogen-bond acceptors (Lipinski definition) is 39. The molecule has 24 N–H and O–H groups in total. The van der Waals surface area contributed by atoms with E-state index in [9.17, 15) is 121 Å². The minimum absolute atomic E-state index is 0.401. The number of carbonyl (C=O) groups excluding carboxylic acids is 4. The van der Waals surface area contributed by atoms with Gasteiger partial charge in [0.2, 0.25) is 23.6 Å². The molecule has 8 heterocycles. The van der Waals surface area contributed by atoms with Gasteiger partial charge in [-0.05, 0) is 6.92 Å². The van der Waals surface area contributed by atoms with Crippen molar-refractivity contribution in [2.75, 3.05) is 52.9 Å². The van der Waals surface area contributed by atoms with Gasteiger partial charge in [-0.25, -0.2) is 0 Å². The molecule has 4 amide bonds. The molecule has 8 aliphatic rings. The first-order chi connectivity index (χ1) is 46.8. The molecule has 99 heavy (non-hydrogen) atoms. The summed E-state index contributed by atoms with van der Waals surface area (Å²) >= 11 is 0. The highest BCUT2D eigenvalue weighted by atomic mass is 16.8. The van der Waals surface area contributed by atoms with Crippen molar-refractivity contribution in [3.05, 3.63) is 0 Å². The molecule has 572 valence electrons. The van der Waals surface area contributed by atoms with Crippen LogP contribution in [0, 0.1) is 0 Å². The van der Waals surface area contributed by atoms with Crippen molar-refractivity contribution < 1.29 is 192 Å². The van der Waals surface area contributed by atoms with Gasteiger partial charge in [-0.2, -0.15) is 0 Å². The zero-order valence-electron chi connectivity index (χ0n) is 53.9. The van der Waals surface area contributed by atoms with Crippen molar-refractivity contribution in [3.8, 4) is 0 Å². The van der Waals surface area contributed by atoms with Crippen LogP contribution in [0.15, 0.2) is 0 Å². The third kappa shape index (κ3) is 18.4. The summed E-state index contributed by atoms with van der Waals surface area (Å²) in [6, 6.07) is -6.54. The number of ether oxygens (including phenoxy) is 15. The van der Waals surface area contributed by atoms with E-state index >= 15 is 0 Å². The number of aliphatic hydroxyl groups is 20. The molecule has 0 saturated carbocycles. The average molecular weight is 1450 g/mol. The molecule has 8 fully saturated rings. The van der Waals surface area contributed by atoms with Crippen molar-refractivity contribution >= 4 is 23.6 Å². The van der Waals surface area contributed by atoms with Gasteiger partial charge in [-0.3, -0.25) is 19.2 Å². The highest BCUT2D eigenvalue weighted by Gasteiger charge is 2.59. The first-order valence-electron chi connectivity index (χ1n) is 31.8.